The summed E-state index contributed by atoms with van der Waals surface area (Å²) in [5.74, 6) is 1.48. The van der Waals surface area contributed by atoms with E-state index in [0.29, 0.717) is 17.4 Å². The molecule has 21 heavy (non-hydrogen) atoms. The number of hydrogen-bond donors (Lipinski definition) is 1. The van der Waals surface area contributed by atoms with Crippen molar-refractivity contribution in [2.75, 3.05) is 23.8 Å². The third kappa shape index (κ3) is 2.35. The van der Waals surface area contributed by atoms with Crippen molar-refractivity contribution in [3.05, 3.63) is 17.8 Å². The lowest BCUT2D eigenvalue weighted by Gasteiger charge is -2.23. The first-order chi connectivity index (χ1) is 10.1. The minimum absolute atomic E-state index is 0.196. The van der Waals surface area contributed by atoms with Crippen molar-refractivity contribution in [2.24, 2.45) is 11.3 Å². The van der Waals surface area contributed by atoms with Gasteiger partial charge in [0.05, 0.1) is 23.6 Å². The number of amides is 1. The number of anilines is 2. The minimum Gasteiger partial charge on any atom is -0.373 e. The summed E-state index contributed by atoms with van der Waals surface area (Å²) in [4.78, 5) is 19.0. The molecule has 5 heteroatoms. The fourth-order valence-corrected chi connectivity index (χ4v) is 3.23. The van der Waals surface area contributed by atoms with Crippen molar-refractivity contribution < 1.29 is 4.79 Å². The number of carbonyl (C=O) groups excluding carboxylic acids is 1. The summed E-state index contributed by atoms with van der Waals surface area (Å²) in [5, 5.41) is 11.9. The van der Waals surface area contributed by atoms with E-state index in [9.17, 15) is 4.79 Å². The van der Waals surface area contributed by atoms with Gasteiger partial charge >= 0.3 is 0 Å². The fourth-order valence-electron chi connectivity index (χ4n) is 3.23. The molecule has 1 saturated carbocycles. The van der Waals surface area contributed by atoms with Crippen LogP contribution in [0.1, 0.15) is 31.9 Å². The summed E-state index contributed by atoms with van der Waals surface area (Å²) in [6.07, 6.45) is 3.52. The summed E-state index contributed by atoms with van der Waals surface area (Å²) < 4.78 is 0. The number of rotatable bonds is 4. The number of carbonyl (C=O) groups is 1. The Morgan fingerprint density at radius 2 is 2.29 bits per heavy atom. The lowest BCUT2D eigenvalue weighted by Crippen LogP contribution is -2.34. The molecule has 0 bridgehead atoms. The van der Waals surface area contributed by atoms with Gasteiger partial charge in [0.2, 0.25) is 5.91 Å². The molecule has 0 unspecified atom stereocenters. The van der Waals surface area contributed by atoms with Crippen LogP contribution in [-0.4, -0.2) is 24.5 Å². The first-order valence-corrected chi connectivity index (χ1v) is 7.46. The van der Waals surface area contributed by atoms with Crippen LogP contribution in [0.5, 0.6) is 0 Å². The highest BCUT2D eigenvalue weighted by molar-refractivity contribution is 6.00. The smallest absolute Gasteiger partial charge is 0.233 e. The van der Waals surface area contributed by atoms with Gasteiger partial charge in [0, 0.05) is 25.3 Å². The molecule has 1 aromatic rings. The van der Waals surface area contributed by atoms with E-state index in [1.54, 1.807) is 7.05 Å². The molecule has 2 aliphatic rings. The highest BCUT2D eigenvalue weighted by Crippen LogP contribution is 2.51. The number of hydrogen-bond acceptors (Lipinski definition) is 4. The Labute approximate surface area is 125 Å². The van der Waals surface area contributed by atoms with E-state index in [0.717, 1.165) is 18.7 Å². The maximum absolute atomic E-state index is 12.8. The molecule has 0 spiro atoms. The number of nitriles is 1. The average Bonchev–Trinajstić information content (AvgIpc) is 3.28. The van der Waals surface area contributed by atoms with E-state index >= 15 is 0 Å². The van der Waals surface area contributed by atoms with Crippen LogP contribution in [0.15, 0.2) is 12.1 Å². The minimum atomic E-state index is -0.196. The Balaban J connectivity index is 1.92. The number of aromatic nitrogens is 1. The van der Waals surface area contributed by atoms with Gasteiger partial charge in [0.25, 0.3) is 0 Å². The van der Waals surface area contributed by atoms with Crippen LogP contribution < -0.4 is 10.2 Å². The summed E-state index contributed by atoms with van der Waals surface area (Å²) in [6.45, 7) is 2.86. The molecular weight excluding hydrogens is 264 g/mol. The highest BCUT2D eigenvalue weighted by Gasteiger charge is 2.52. The molecule has 5 nitrogen and oxygen atoms in total. The monoisotopic (exact) mass is 284 g/mol. The average molecular weight is 284 g/mol. The van der Waals surface area contributed by atoms with Crippen molar-refractivity contribution in [3.63, 3.8) is 0 Å². The zero-order valence-corrected chi connectivity index (χ0v) is 12.5. The fraction of sp³-hybridized carbons (Fsp3) is 0.562. The summed E-state index contributed by atoms with van der Waals surface area (Å²) in [5.41, 5.74) is 1.36. The van der Waals surface area contributed by atoms with Crippen LogP contribution >= 0.6 is 0 Å². The van der Waals surface area contributed by atoms with Crippen LogP contribution in [0.2, 0.25) is 0 Å². The molecule has 1 amide bonds. The van der Waals surface area contributed by atoms with E-state index in [1.807, 2.05) is 17.0 Å². The van der Waals surface area contributed by atoms with Gasteiger partial charge in [-0.2, -0.15) is 5.26 Å². The molecule has 0 aromatic carbocycles. The lowest BCUT2D eigenvalue weighted by molar-refractivity contribution is -0.125. The molecule has 3 rings (SSSR count). The second-order valence-electron chi connectivity index (χ2n) is 6.19. The van der Waals surface area contributed by atoms with Gasteiger partial charge < -0.3 is 10.2 Å². The molecule has 1 N–H and O–H groups in total. The zero-order valence-electron chi connectivity index (χ0n) is 12.5. The standard InChI is InChI=1S/C16H20N4O/c1-16(11-3-4-11)6-8-20(15(16)21)13-9-12(5-7-17)19-14(10-13)18-2/h9-11H,3-6,8H2,1-2H3,(H,18,19)/t16-/m0/s1. The summed E-state index contributed by atoms with van der Waals surface area (Å²) >= 11 is 0. The predicted octanol–water partition coefficient (Wildman–Crippen LogP) is 2.34. The SMILES string of the molecule is CNc1cc(N2CC[C@@](C)(C3CC3)C2=O)cc(CC#N)n1. The van der Waals surface area contributed by atoms with E-state index in [2.05, 4.69) is 23.3 Å². The van der Waals surface area contributed by atoms with Gasteiger partial charge in [-0.1, -0.05) is 6.92 Å². The molecule has 1 saturated heterocycles. The van der Waals surface area contributed by atoms with Crippen molar-refractivity contribution in [3.8, 4) is 6.07 Å². The largest absolute Gasteiger partial charge is 0.373 e. The van der Waals surface area contributed by atoms with E-state index in [-0.39, 0.29) is 17.7 Å². The first kappa shape index (κ1) is 13.9. The summed E-state index contributed by atoms with van der Waals surface area (Å²) in [6, 6.07) is 5.86. The Morgan fingerprint density at radius 3 is 2.90 bits per heavy atom. The molecule has 1 atom stereocenters. The van der Waals surface area contributed by atoms with E-state index in [4.69, 9.17) is 5.26 Å². The Morgan fingerprint density at radius 1 is 1.52 bits per heavy atom. The Bertz CT molecular complexity index is 617. The highest BCUT2D eigenvalue weighted by atomic mass is 16.2. The van der Waals surface area contributed by atoms with E-state index in [1.165, 1.54) is 12.8 Å². The normalized spacial score (nSPS) is 25.0. The molecule has 1 aliphatic heterocycles. The van der Waals surface area contributed by atoms with Gasteiger partial charge in [-0.05, 0) is 31.2 Å². The molecular formula is C16H20N4O. The quantitative estimate of drug-likeness (QED) is 0.921. The molecule has 2 heterocycles. The zero-order chi connectivity index (χ0) is 15.0. The topological polar surface area (TPSA) is 69.0 Å². The van der Waals surface area contributed by atoms with Crippen LogP contribution in [0.3, 0.4) is 0 Å². The van der Waals surface area contributed by atoms with Crippen LogP contribution in [0, 0.1) is 22.7 Å². The first-order valence-electron chi connectivity index (χ1n) is 7.46. The van der Waals surface area contributed by atoms with Crippen molar-refractivity contribution in [1.29, 1.82) is 5.26 Å². The molecule has 1 aliphatic carbocycles. The van der Waals surface area contributed by atoms with Crippen LogP contribution in [-0.2, 0) is 11.2 Å². The maximum Gasteiger partial charge on any atom is 0.233 e. The number of nitrogens with zero attached hydrogens (tertiary/aromatic N) is 3. The Hall–Kier alpha value is -2.09. The van der Waals surface area contributed by atoms with E-state index < -0.39 is 0 Å². The van der Waals surface area contributed by atoms with Crippen LogP contribution in [0.25, 0.3) is 0 Å². The van der Waals surface area contributed by atoms with Crippen molar-refractivity contribution >= 4 is 17.4 Å². The number of nitrogens with one attached hydrogen (secondary N) is 1. The molecule has 110 valence electrons. The van der Waals surface area contributed by atoms with Gasteiger partial charge in [-0.15, -0.1) is 0 Å². The lowest BCUT2D eigenvalue weighted by atomic mass is 9.83. The van der Waals surface area contributed by atoms with Crippen LogP contribution in [0.4, 0.5) is 11.5 Å². The third-order valence-electron chi connectivity index (χ3n) is 4.76. The second-order valence-corrected chi connectivity index (χ2v) is 6.19. The van der Waals surface area contributed by atoms with Gasteiger partial charge in [0.15, 0.2) is 0 Å². The van der Waals surface area contributed by atoms with Crippen molar-refractivity contribution in [1.82, 2.24) is 4.98 Å². The number of pyridine rings is 1. The van der Waals surface area contributed by atoms with Crippen molar-refractivity contribution in [2.45, 2.75) is 32.6 Å². The molecule has 2 fully saturated rings. The van der Waals surface area contributed by atoms with Gasteiger partial charge in [-0.25, -0.2) is 4.98 Å². The van der Waals surface area contributed by atoms with Gasteiger partial charge in [0.1, 0.15) is 5.82 Å². The Kier molecular flexibility index (Phi) is 3.32. The predicted molar refractivity (Wildman–Crippen MR) is 80.9 cm³/mol. The summed E-state index contributed by atoms with van der Waals surface area (Å²) in [7, 11) is 1.79. The maximum atomic E-state index is 12.8. The van der Waals surface area contributed by atoms with Gasteiger partial charge in [-0.3, -0.25) is 4.79 Å². The third-order valence-corrected chi connectivity index (χ3v) is 4.76. The molecule has 1 aromatic heterocycles. The second kappa shape index (κ2) is 5.03. The molecule has 0 radical (unpaired) electrons.